The van der Waals surface area contributed by atoms with Gasteiger partial charge in [-0.15, -0.1) is 0 Å². The molecule has 1 aliphatic heterocycles. The molecule has 1 N–H and O–H groups in total. The van der Waals surface area contributed by atoms with Crippen LogP contribution in [0.4, 0.5) is 5.69 Å². The van der Waals surface area contributed by atoms with E-state index >= 15 is 0 Å². The Hall–Kier alpha value is -2.17. The van der Waals surface area contributed by atoms with E-state index in [1.807, 2.05) is 0 Å². The number of benzene rings is 1. The number of para-hydroxylation sites is 1. The molecule has 0 saturated carbocycles. The SMILES string of the molecule is CCOC(=O)C1Nc2ccccc2C(=O)C1=O. The van der Waals surface area contributed by atoms with Crippen molar-refractivity contribution in [2.24, 2.45) is 0 Å². The Kier molecular flexibility index (Phi) is 2.91. The van der Waals surface area contributed by atoms with E-state index in [0.717, 1.165) is 0 Å². The third-order valence-electron chi connectivity index (χ3n) is 2.48. The molecule has 1 aromatic rings. The lowest BCUT2D eigenvalue weighted by Gasteiger charge is -2.22. The van der Waals surface area contributed by atoms with Crippen molar-refractivity contribution in [1.82, 2.24) is 0 Å². The number of carbonyl (C=O) groups excluding carboxylic acids is 3. The van der Waals surface area contributed by atoms with E-state index in [9.17, 15) is 14.4 Å². The Labute approximate surface area is 97.8 Å². The number of nitrogens with one attached hydrogen (secondary N) is 1. The lowest BCUT2D eigenvalue weighted by Crippen LogP contribution is -2.46. The molecule has 1 aromatic carbocycles. The first-order valence-corrected chi connectivity index (χ1v) is 5.26. The molecule has 0 saturated heterocycles. The van der Waals surface area contributed by atoms with Crippen LogP contribution < -0.4 is 5.32 Å². The van der Waals surface area contributed by atoms with Gasteiger partial charge in [-0.2, -0.15) is 0 Å². The van der Waals surface area contributed by atoms with Gasteiger partial charge in [0.1, 0.15) is 0 Å². The fourth-order valence-corrected chi connectivity index (χ4v) is 1.68. The molecular formula is C12H11NO4. The van der Waals surface area contributed by atoms with E-state index in [0.29, 0.717) is 5.69 Å². The van der Waals surface area contributed by atoms with Crippen LogP contribution >= 0.6 is 0 Å². The summed E-state index contributed by atoms with van der Waals surface area (Å²) in [5, 5.41) is 2.72. The monoisotopic (exact) mass is 233 g/mol. The predicted molar refractivity (Wildman–Crippen MR) is 59.8 cm³/mol. The van der Waals surface area contributed by atoms with Gasteiger partial charge in [-0.25, -0.2) is 4.79 Å². The Morgan fingerprint density at radius 3 is 2.76 bits per heavy atom. The van der Waals surface area contributed by atoms with Crippen molar-refractivity contribution >= 4 is 23.2 Å². The highest BCUT2D eigenvalue weighted by Gasteiger charge is 2.38. The predicted octanol–water partition coefficient (Wildman–Crippen LogP) is 0.796. The van der Waals surface area contributed by atoms with Crippen LogP contribution in [0, 0.1) is 0 Å². The second-order valence-electron chi connectivity index (χ2n) is 3.57. The fraction of sp³-hybridized carbons (Fsp3) is 0.250. The normalized spacial score (nSPS) is 18.3. The Balaban J connectivity index is 2.34. The molecule has 88 valence electrons. The van der Waals surface area contributed by atoms with E-state index in [1.54, 1.807) is 31.2 Å². The minimum Gasteiger partial charge on any atom is -0.464 e. The van der Waals surface area contributed by atoms with E-state index < -0.39 is 23.6 Å². The number of Topliss-reactive ketones (excluding diaryl/α,β-unsaturated/α-hetero) is 2. The number of ketones is 2. The lowest BCUT2D eigenvalue weighted by atomic mass is 9.95. The first-order valence-electron chi connectivity index (χ1n) is 5.26. The molecule has 0 amide bonds. The molecule has 0 fully saturated rings. The number of rotatable bonds is 2. The Morgan fingerprint density at radius 1 is 1.35 bits per heavy atom. The smallest absolute Gasteiger partial charge is 0.336 e. The molecule has 2 rings (SSSR count). The zero-order valence-electron chi connectivity index (χ0n) is 9.23. The molecule has 1 atom stereocenters. The minimum absolute atomic E-state index is 0.167. The van der Waals surface area contributed by atoms with Crippen LogP contribution in [0.25, 0.3) is 0 Å². The van der Waals surface area contributed by atoms with Crippen LogP contribution in [-0.4, -0.2) is 30.2 Å². The van der Waals surface area contributed by atoms with Gasteiger partial charge in [-0.3, -0.25) is 9.59 Å². The molecule has 17 heavy (non-hydrogen) atoms. The Morgan fingerprint density at radius 2 is 2.06 bits per heavy atom. The van der Waals surface area contributed by atoms with Gasteiger partial charge in [0, 0.05) is 11.3 Å². The van der Waals surface area contributed by atoms with Crippen LogP contribution in [0.5, 0.6) is 0 Å². The van der Waals surface area contributed by atoms with Gasteiger partial charge in [0.25, 0.3) is 0 Å². The van der Waals surface area contributed by atoms with Crippen LogP contribution in [0.15, 0.2) is 24.3 Å². The minimum atomic E-state index is -1.22. The average molecular weight is 233 g/mol. The first-order chi connectivity index (χ1) is 8.15. The third-order valence-corrected chi connectivity index (χ3v) is 2.48. The number of carbonyl (C=O) groups is 3. The third kappa shape index (κ3) is 1.91. The summed E-state index contributed by atoms with van der Waals surface area (Å²) in [4.78, 5) is 34.9. The van der Waals surface area contributed by atoms with Gasteiger partial charge in [0.15, 0.2) is 6.04 Å². The summed E-state index contributed by atoms with van der Waals surface area (Å²) in [6, 6.07) is 5.35. The first kappa shape index (κ1) is 11.3. The molecule has 1 unspecified atom stereocenters. The van der Waals surface area contributed by atoms with Gasteiger partial charge in [0.2, 0.25) is 11.6 Å². The maximum atomic E-state index is 11.7. The van der Waals surface area contributed by atoms with E-state index in [-0.39, 0.29) is 12.2 Å². The van der Waals surface area contributed by atoms with Crippen molar-refractivity contribution in [3.63, 3.8) is 0 Å². The molecule has 0 radical (unpaired) electrons. The van der Waals surface area contributed by atoms with E-state index in [4.69, 9.17) is 4.74 Å². The summed E-state index contributed by atoms with van der Waals surface area (Å²) >= 11 is 0. The summed E-state index contributed by atoms with van der Waals surface area (Å²) in [5.74, 6) is -2.15. The van der Waals surface area contributed by atoms with Crippen molar-refractivity contribution < 1.29 is 19.1 Å². The van der Waals surface area contributed by atoms with E-state index in [2.05, 4.69) is 5.32 Å². The van der Waals surface area contributed by atoms with Crippen molar-refractivity contribution in [1.29, 1.82) is 0 Å². The van der Waals surface area contributed by atoms with Gasteiger partial charge in [-0.05, 0) is 19.1 Å². The standard InChI is InChI=1S/C12H11NO4/c1-2-17-12(16)9-11(15)10(14)7-5-3-4-6-8(7)13-9/h3-6,9,13H,2H2,1H3. The van der Waals surface area contributed by atoms with Gasteiger partial charge in [0.05, 0.1) is 6.61 Å². The Bertz CT molecular complexity index is 495. The number of hydrogen-bond donors (Lipinski definition) is 1. The highest BCUT2D eigenvalue weighted by atomic mass is 16.5. The largest absolute Gasteiger partial charge is 0.464 e. The van der Waals surface area contributed by atoms with Gasteiger partial charge >= 0.3 is 5.97 Å². The highest BCUT2D eigenvalue weighted by Crippen LogP contribution is 2.22. The highest BCUT2D eigenvalue weighted by molar-refractivity contribution is 6.51. The molecule has 0 aromatic heterocycles. The van der Waals surface area contributed by atoms with Crippen LogP contribution in [0.3, 0.4) is 0 Å². The van der Waals surface area contributed by atoms with Gasteiger partial charge in [-0.1, -0.05) is 12.1 Å². The summed E-state index contributed by atoms with van der Waals surface area (Å²) in [6.07, 6.45) is 0. The van der Waals surface area contributed by atoms with Crippen molar-refractivity contribution in [2.75, 3.05) is 11.9 Å². The molecule has 0 bridgehead atoms. The molecule has 1 aliphatic rings. The maximum absolute atomic E-state index is 11.7. The topological polar surface area (TPSA) is 72.5 Å². The summed E-state index contributed by atoms with van der Waals surface area (Å²) in [7, 11) is 0. The van der Waals surface area contributed by atoms with E-state index in [1.165, 1.54) is 0 Å². The van der Waals surface area contributed by atoms with Gasteiger partial charge < -0.3 is 10.1 Å². The maximum Gasteiger partial charge on any atom is 0.336 e. The van der Waals surface area contributed by atoms with Crippen LogP contribution in [0.2, 0.25) is 0 Å². The summed E-state index contributed by atoms with van der Waals surface area (Å²) < 4.78 is 4.74. The second kappa shape index (κ2) is 4.37. The number of hydrogen-bond acceptors (Lipinski definition) is 5. The fourth-order valence-electron chi connectivity index (χ4n) is 1.68. The molecule has 5 nitrogen and oxygen atoms in total. The molecule has 1 heterocycles. The number of anilines is 1. The zero-order chi connectivity index (χ0) is 12.4. The number of fused-ring (bicyclic) bond motifs is 1. The average Bonchev–Trinajstić information content (AvgIpc) is 2.34. The number of ether oxygens (including phenoxy) is 1. The zero-order valence-corrected chi connectivity index (χ0v) is 9.23. The van der Waals surface area contributed by atoms with Crippen molar-refractivity contribution in [3.05, 3.63) is 29.8 Å². The quantitative estimate of drug-likeness (QED) is 0.464. The number of esters is 1. The summed E-state index contributed by atoms with van der Waals surface area (Å²) in [6.45, 7) is 1.81. The van der Waals surface area contributed by atoms with Crippen LogP contribution in [-0.2, 0) is 14.3 Å². The second-order valence-corrected chi connectivity index (χ2v) is 3.57. The van der Waals surface area contributed by atoms with Crippen molar-refractivity contribution in [3.8, 4) is 0 Å². The molecule has 0 aliphatic carbocycles. The van der Waals surface area contributed by atoms with Crippen LogP contribution in [0.1, 0.15) is 17.3 Å². The molecular weight excluding hydrogens is 222 g/mol. The molecule has 5 heteroatoms. The lowest BCUT2D eigenvalue weighted by molar-refractivity contribution is -0.146. The molecule has 0 spiro atoms. The summed E-state index contributed by atoms with van der Waals surface area (Å²) in [5.41, 5.74) is 0.771. The van der Waals surface area contributed by atoms with Crippen molar-refractivity contribution in [2.45, 2.75) is 13.0 Å².